The van der Waals surface area contributed by atoms with Crippen molar-refractivity contribution in [1.29, 1.82) is 0 Å². The first-order valence-corrected chi connectivity index (χ1v) is 7.65. The zero-order valence-electron chi connectivity index (χ0n) is 13.4. The van der Waals surface area contributed by atoms with Gasteiger partial charge in [-0.15, -0.1) is 0 Å². The second-order valence-electron chi connectivity index (χ2n) is 7.74. The smallest absolute Gasteiger partial charge is 0.165 e. The molecule has 119 valence electrons. The van der Waals surface area contributed by atoms with Crippen molar-refractivity contribution in [2.24, 2.45) is 28.6 Å². The van der Waals surface area contributed by atoms with Gasteiger partial charge in [-0.05, 0) is 48.3 Å². The van der Waals surface area contributed by atoms with Crippen LogP contribution in [0.2, 0.25) is 0 Å². The molecule has 2 aliphatic rings. The maximum Gasteiger partial charge on any atom is 0.426 e. The van der Waals surface area contributed by atoms with Gasteiger partial charge in [-0.3, -0.25) is 0 Å². The van der Waals surface area contributed by atoms with E-state index in [0.717, 1.165) is 0 Å². The monoisotopic (exact) mass is 319 g/mol. The zero-order valence-corrected chi connectivity index (χ0v) is 14.2. The molecule has 0 heterocycles. The van der Waals surface area contributed by atoms with E-state index in [4.69, 9.17) is 11.6 Å². The molecule has 2 rings (SSSR count). The summed E-state index contributed by atoms with van der Waals surface area (Å²) in [5.41, 5.74) is 1.21. The summed E-state index contributed by atoms with van der Waals surface area (Å²) in [7, 11) is 0. The van der Waals surface area contributed by atoms with Crippen molar-refractivity contribution in [3.8, 4) is 0 Å². The van der Waals surface area contributed by atoms with Crippen molar-refractivity contribution in [3.05, 3.63) is 28.7 Å². The first kappa shape index (κ1) is 16.9. The Kier molecular flexibility index (Phi) is 3.85. The Bertz CT molecular complexity index is 493. The van der Waals surface area contributed by atoms with Gasteiger partial charge in [-0.2, -0.15) is 13.2 Å². The maximum absolute atomic E-state index is 12.6. The lowest BCUT2D eigenvalue weighted by Gasteiger charge is -2.04. The van der Waals surface area contributed by atoms with Gasteiger partial charge in [0.25, 0.3) is 0 Å². The number of allylic oxidation sites excluding steroid dienone is 4. The lowest BCUT2D eigenvalue weighted by atomic mass is 10.0. The molecule has 1 radical (unpaired) electrons. The minimum absolute atomic E-state index is 0.136. The fourth-order valence-corrected chi connectivity index (χ4v) is 3.82. The van der Waals surface area contributed by atoms with Crippen LogP contribution in [0.25, 0.3) is 0 Å². The highest BCUT2D eigenvalue weighted by Crippen LogP contribution is 2.77. The Balaban J connectivity index is 2.19. The average Bonchev–Trinajstić information content (AvgIpc) is 2.97. The second-order valence-corrected chi connectivity index (χ2v) is 8.14. The zero-order chi connectivity index (χ0) is 16.4. The van der Waals surface area contributed by atoms with E-state index in [9.17, 15) is 13.2 Å². The average molecular weight is 320 g/mol. The standard InChI is InChI=1S/C17H23ClF3/c1-9(2)7-10-13(15(10,3)4)14-11(16(14,5)6)8-12(18)17(19,20)21/h7-8,10-11,13H,1-6H3. The van der Waals surface area contributed by atoms with Crippen LogP contribution in [-0.2, 0) is 0 Å². The molecule has 4 heteroatoms. The van der Waals surface area contributed by atoms with E-state index >= 15 is 0 Å². The van der Waals surface area contributed by atoms with Crippen LogP contribution in [0.5, 0.6) is 0 Å². The quantitative estimate of drug-likeness (QED) is 0.548. The summed E-state index contributed by atoms with van der Waals surface area (Å²) in [6.07, 6.45) is -0.993. The van der Waals surface area contributed by atoms with Crippen molar-refractivity contribution in [2.45, 2.75) is 47.7 Å². The highest BCUT2D eigenvalue weighted by Gasteiger charge is 2.72. The van der Waals surface area contributed by atoms with Gasteiger partial charge in [0.2, 0.25) is 0 Å². The first-order valence-electron chi connectivity index (χ1n) is 7.28. The van der Waals surface area contributed by atoms with Gasteiger partial charge in [0.15, 0.2) is 0 Å². The molecule has 21 heavy (non-hydrogen) atoms. The number of halogens is 4. The maximum atomic E-state index is 12.6. The minimum Gasteiger partial charge on any atom is -0.165 e. The summed E-state index contributed by atoms with van der Waals surface area (Å²) < 4.78 is 37.8. The summed E-state index contributed by atoms with van der Waals surface area (Å²) in [4.78, 5) is 0. The molecule has 0 N–H and O–H groups in total. The predicted molar refractivity (Wildman–Crippen MR) is 80.7 cm³/mol. The molecule has 0 bridgehead atoms. The first-order chi connectivity index (χ1) is 9.31. The van der Waals surface area contributed by atoms with Gasteiger partial charge in [0.05, 0.1) is 0 Å². The molecule has 3 unspecified atom stereocenters. The Morgan fingerprint density at radius 2 is 1.62 bits per heavy atom. The highest BCUT2D eigenvalue weighted by molar-refractivity contribution is 6.30. The van der Waals surface area contributed by atoms with Crippen LogP contribution in [0.1, 0.15) is 41.5 Å². The number of hydrogen-bond acceptors (Lipinski definition) is 0. The third-order valence-corrected chi connectivity index (χ3v) is 5.46. The van der Waals surface area contributed by atoms with Gasteiger partial charge in [0.1, 0.15) is 5.03 Å². The van der Waals surface area contributed by atoms with E-state index in [-0.39, 0.29) is 16.7 Å². The van der Waals surface area contributed by atoms with Crippen LogP contribution < -0.4 is 0 Å². The highest BCUT2D eigenvalue weighted by atomic mass is 35.5. The van der Waals surface area contributed by atoms with Gasteiger partial charge >= 0.3 is 6.18 Å². The van der Waals surface area contributed by atoms with Crippen LogP contribution in [0.3, 0.4) is 0 Å². The van der Waals surface area contributed by atoms with Crippen LogP contribution in [0.4, 0.5) is 13.2 Å². The molecular weight excluding hydrogens is 297 g/mol. The lowest BCUT2D eigenvalue weighted by molar-refractivity contribution is -0.0848. The Morgan fingerprint density at radius 1 is 1.10 bits per heavy atom. The lowest BCUT2D eigenvalue weighted by Crippen LogP contribution is -2.07. The molecule has 0 aromatic carbocycles. The van der Waals surface area contributed by atoms with Crippen LogP contribution in [0, 0.1) is 34.5 Å². The van der Waals surface area contributed by atoms with Crippen molar-refractivity contribution in [3.63, 3.8) is 0 Å². The normalized spacial score (nSPS) is 34.6. The summed E-state index contributed by atoms with van der Waals surface area (Å²) in [5.74, 6) is 1.85. The Hall–Kier alpha value is -0.440. The number of alkyl halides is 3. The van der Waals surface area contributed by atoms with Gasteiger partial charge in [0, 0.05) is 0 Å². The molecule has 3 atom stereocenters. The fourth-order valence-electron chi connectivity index (χ4n) is 3.69. The predicted octanol–water partition coefficient (Wildman–Crippen LogP) is 6.14. The van der Waals surface area contributed by atoms with Crippen molar-refractivity contribution >= 4 is 11.6 Å². The van der Waals surface area contributed by atoms with E-state index in [2.05, 4.69) is 33.8 Å². The Labute approximate surface area is 130 Å². The number of rotatable bonds is 3. The molecule has 0 aromatic rings. The molecule has 2 fully saturated rings. The van der Waals surface area contributed by atoms with Gasteiger partial charge in [-0.25, -0.2) is 0 Å². The minimum atomic E-state index is -4.44. The molecule has 0 nitrogen and oxygen atoms in total. The molecule has 2 aliphatic carbocycles. The summed E-state index contributed by atoms with van der Waals surface area (Å²) in [6, 6.07) is 0. The second kappa shape index (κ2) is 4.78. The van der Waals surface area contributed by atoms with Crippen LogP contribution in [0.15, 0.2) is 22.8 Å². The Morgan fingerprint density at radius 3 is 2.05 bits per heavy atom. The van der Waals surface area contributed by atoms with E-state index in [1.165, 1.54) is 17.6 Å². The third-order valence-electron chi connectivity index (χ3n) is 5.12. The molecule has 0 amide bonds. The van der Waals surface area contributed by atoms with Crippen LogP contribution >= 0.6 is 11.6 Å². The van der Waals surface area contributed by atoms with Crippen molar-refractivity contribution in [2.75, 3.05) is 0 Å². The molecule has 0 saturated heterocycles. The largest absolute Gasteiger partial charge is 0.426 e. The van der Waals surface area contributed by atoms with Gasteiger partial charge in [-0.1, -0.05) is 57.0 Å². The van der Waals surface area contributed by atoms with Crippen molar-refractivity contribution < 1.29 is 13.2 Å². The number of hydrogen-bond donors (Lipinski definition) is 0. The van der Waals surface area contributed by atoms with Crippen LogP contribution in [-0.4, -0.2) is 6.18 Å². The molecular formula is C17H23ClF3. The van der Waals surface area contributed by atoms with Crippen molar-refractivity contribution in [1.82, 2.24) is 0 Å². The third kappa shape index (κ3) is 2.91. The molecule has 2 saturated carbocycles. The van der Waals surface area contributed by atoms with E-state index in [0.29, 0.717) is 11.8 Å². The summed E-state index contributed by atoms with van der Waals surface area (Å²) in [6.45, 7) is 12.5. The molecule has 0 spiro atoms. The molecule has 0 aromatic heterocycles. The molecule has 0 aliphatic heterocycles. The van der Waals surface area contributed by atoms with E-state index < -0.39 is 11.2 Å². The summed E-state index contributed by atoms with van der Waals surface area (Å²) in [5, 5.41) is -0.993. The summed E-state index contributed by atoms with van der Waals surface area (Å²) >= 11 is 5.41. The topological polar surface area (TPSA) is 0 Å². The fraction of sp³-hybridized carbons (Fsp3) is 0.706. The van der Waals surface area contributed by atoms with Gasteiger partial charge < -0.3 is 0 Å². The van der Waals surface area contributed by atoms with E-state index in [1.807, 2.05) is 13.8 Å². The SMILES string of the molecule is CC(C)=CC1C([C]2C(C=C(Cl)C(F)(F)F)C2(C)C)C1(C)C. The van der Waals surface area contributed by atoms with E-state index in [1.54, 1.807) is 0 Å².